The topological polar surface area (TPSA) is 75.4 Å². The molecule has 18 heavy (non-hydrogen) atoms. The molecule has 1 heterocycles. The number of rotatable bonds is 4. The SMILES string of the molecule is Nc1ccc(C(=O)NCCN2CCCC2=O)cc1. The van der Waals surface area contributed by atoms with E-state index in [-0.39, 0.29) is 11.8 Å². The Kier molecular flexibility index (Phi) is 3.82. The number of hydrogen-bond acceptors (Lipinski definition) is 3. The molecule has 2 rings (SSSR count). The van der Waals surface area contributed by atoms with Crippen molar-refractivity contribution < 1.29 is 9.59 Å². The van der Waals surface area contributed by atoms with Gasteiger partial charge in [0, 0.05) is 37.3 Å². The van der Waals surface area contributed by atoms with Crippen LogP contribution in [0.1, 0.15) is 23.2 Å². The van der Waals surface area contributed by atoms with Gasteiger partial charge in [0.25, 0.3) is 5.91 Å². The molecule has 1 fully saturated rings. The van der Waals surface area contributed by atoms with E-state index in [1.165, 1.54) is 0 Å². The van der Waals surface area contributed by atoms with Gasteiger partial charge >= 0.3 is 0 Å². The van der Waals surface area contributed by atoms with E-state index in [9.17, 15) is 9.59 Å². The number of amides is 2. The molecular formula is C13H17N3O2. The summed E-state index contributed by atoms with van der Waals surface area (Å²) in [4.78, 5) is 24.9. The van der Waals surface area contributed by atoms with Gasteiger partial charge in [0.15, 0.2) is 0 Å². The lowest BCUT2D eigenvalue weighted by Gasteiger charge is -2.15. The quantitative estimate of drug-likeness (QED) is 0.766. The third-order valence-corrected chi connectivity index (χ3v) is 3.01. The van der Waals surface area contributed by atoms with E-state index in [1.807, 2.05) is 0 Å². The lowest BCUT2D eigenvalue weighted by atomic mass is 10.2. The number of likely N-dealkylation sites (tertiary alicyclic amines) is 1. The predicted molar refractivity (Wildman–Crippen MR) is 69.0 cm³/mol. The summed E-state index contributed by atoms with van der Waals surface area (Å²) in [7, 11) is 0. The highest BCUT2D eigenvalue weighted by Gasteiger charge is 2.19. The first-order valence-electron chi connectivity index (χ1n) is 6.08. The van der Waals surface area contributed by atoms with Crippen LogP contribution < -0.4 is 11.1 Å². The molecule has 1 aliphatic rings. The van der Waals surface area contributed by atoms with Gasteiger partial charge in [-0.15, -0.1) is 0 Å². The minimum absolute atomic E-state index is 0.137. The second kappa shape index (κ2) is 5.53. The smallest absolute Gasteiger partial charge is 0.251 e. The van der Waals surface area contributed by atoms with Crippen LogP contribution in [0.2, 0.25) is 0 Å². The minimum Gasteiger partial charge on any atom is -0.399 e. The molecule has 3 N–H and O–H groups in total. The minimum atomic E-state index is -0.137. The van der Waals surface area contributed by atoms with Crippen molar-refractivity contribution in [1.29, 1.82) is 0 Å². The Labute approximate surface area is 106 Å². The first kappa shape index (κ1) is 12.4. The largest absolute Gasteiger partial charge is 0.399 e. The summed E-state index contributed by atoms with van der Waals surface area (Å²) in [5.74, 6) is 0.0402. The molecule has 1 aromatic rings. The average molecular weight is 247 g/mol. The van der Waals surface area contributed by atoms with Crippen LogP contribution in [0, 0.1) is 0 Å². The Bertz CT molecular complexity index is 442. The van der Waals surface area contributed by atoms with Crippen LogP contribution in [-0.4, -0.2) is 36.3 Å². The summed E-state index contributed by atoms with van der Waals surface area (Å²) in [6.45, 7) is 1.87. The monoisotopic (exact) mass is 247 g/mol. The Morgan fingerprint density at radius 1 is 1.33 bits per heavy atom. The van der Waals surface area contributed by atoms with Crippen LogP contribution in [0.5, 0.6) is 0 Å². The van der Waals surface area contributed by atoms with Crippen LogP contribution in [0.25, 0.3) is 0 Å². The summed E-state index contributed by atoms with van der Waals surface area (Å²) in [6, 6.07) is 6.76. The summed E-state index contributed by atoms with van der Waals surface area (Å²) in [5.41, 5.74) is 6.76. The zero-order valence-electron chi connectivity index (χ0n) is 10.2. The second-order valence-corrected chi connectivity index (χ2v) is 4.36. The van der Waals surface area contributed by atoms with E-state index in [2.05, 4.69) is 5.32 Å². The number of hydrogen-bond donors (Lipinski definition) is 2. The molecule has 0 bridgehead atoms. The predicted octanol–water partition coefficient (Wildman–Crippen LogP) is 0.621. The Morgan fingerprint density at radius 3 is 2.67 bits per heavy atom. The van der Waals surface area contributed by atoms with Crippen LogP contribution in [0.15, 0.2) is 24.3 Å². The molecule has 0 unspecified atom stereocenters. The van der Waals surface area contributed by atoms with E-state index >= 15 is 0 Å². The number of nitrogens with one attached hydrogen (secondary N) is 1. The van der Waals surface area contributed by atoms with Gasteiger partial charge in [0.05, 0.1) is 0 Å². The van der Waals surface area contributed by atoms with Gasteiger partial charge in [-0.3, -0.25) is 9.59 Å². The lowest BCUT2D eigenvalue weighted by Crippen LogP contribution is -2.35. The number of benzene rings is 1. The Hall–Kier alpha value is -2.04. The highest BCUT2D eigenvalue weighted by atomic mass is 16.2. The van der Waals surface area contributed by atoms with Crippen LogP contribution >= 0.6 is 0 Å². The third kappa shape index (κ3) is 3.00. The van der Waals surface area contributed by atoms with Crippen molar-refractivity contribution in [3.8, 4) is 0 Å². The number of nitrogens with zero attached hydrogens (tertiary/aromatic N) is 1. The van der Waals surface area contributed by atoms with Crippen molar-refractivity contribution in [2.24, 2.45) is 0 Å². The molecule has 1 saturated heterocycles. The van der Waals surface area contributed by atoms with Gasteiger partial charge in [-0.1, -0.05) is 0 Å². The van der Waals surface area contributed by atoms with Gasteiger partial charge in [0.2, 0.25) is 5.91 Å². The van der Waals surface area contributed by atoms with Crippen molar-refractivity contribution in [2.45, 2.75) is 12.8 Å². The zero-order valence-corrected chi connectivity index (χ0v) is 10.2. The Morgan fingerprint density at radius 2 is 2.06 bits per heavy atom. The maximum Gasteiger partial charge on any atom is 0.251 e. The second-order valence-electron chi connectivity index (χ2n) is 4.36. The number of carbonyl (C=O) groups excluding carboxylic acids is 2. The highest BCUT2D eigenvalue weighted by Crippen LogP contribution is 2.08. The molecule has 1 aromatic carbocycles. The lowest BCUT2D eigenvalue weighted by molar-refractivity contribution is -0.127. The van der Waals surface area contributed by atoms with Crippen molar-refractivity contribution >= 4 is 17.5 Å². The molecule has 0 spiro atoms. The zero-order chi connectivity index (χ0) is 13.0. The number of carbonyl (C=O) groups is 2. The van der Waals surface area contributed by atoms with E-state index in [4.69, 9.17) is 5.73 Å². The summed E-state index contributed by atoms with van der Waals surface area (Å²) in [6.07, 6.45) is 1.55. The molecule has 5 heteroatoms. The Balaban J connectivity index is 1.78. The van der Waals surface area contributed by atoms with Crippen molar-refractivity contribution in [2.75, 3.05) is 25.4 Å². The molecule has 0 aromatic heterocycles. The summed E-state index contributed by atoms with van der Waals surface area (Å²) in [5, 5.41) is 2.79. The molecule has 1 aliphatic heterocycles. The van der Waals surface area contributed by atoms with E-state index in [1.54, 1.807) is 29.2 Å². The van der Waals surface area contributed by atoms with Gasteiger partial charge in [-0.25, -0.2) is 0 Å². The van der Waals surface area contributed by atoms with Crippen LogP contribution in [-0.2, 0) is 4.79 Å². The fourth-order valence-electron chi connectivity index (χ4n) is 1.98. The molecule has 5 nitrogen and oxygen atoms in total. The van der Waals surface area contributed by atoms with Crippen molar-refractivity contribution in [3.63, 3.8) is 0 Å². The molecule has 0 saturated carbocycles. The molecule has 0 radical (unpaired) electrons. The third-order valence-electron chi connectivity index (χ3n) is 3.01. The van der Waals surface area contributed by atoms with Crippen LogP contribution in [0.3, 0.4) is 0 Å². The molecule has 2 amide bonds. The first-order chi connectivity index (χ1) is 8.66. The molecular weight excluding hydrogens is 230 g/mol. The number of nitrogens with two attached hydrogens (primary N) is 1. The van der Waals surface area contributed by atoms with Gasteiger partial charge in [-0.2, -0.15) is 0 Å². The van der Waals surface area contributed by atoms with Crippen molar-refractivity contribution in [1.82, 2.24) is 10.2 Å². The highest BCUT2D eigenvalue weighted by molar-refractivity contribution is 5.94. The molecule has 96 valence electrons. The molecule has 0 aliphatic carbocycles. The summed E-state index contributed by atoms with van der Waals surface area (Å²) >= 11 is 0. The maximum atomic E-state index is 11.8. The van der Waals surface area contributed by atoms with Gasteiger partial charge in [-0.05, 0) is 30.7 Å². The fraction of sp³-hybridized carbons (Fsp3) is 0.385. The van der Waals surface area contributed by atoms with Gasteiger partial charge in [0.1, 0.15) is 0 Å². The maximum absolute atomic E-state index is 11.8. The van der Waals surface area contributed by atoms with Crippen molar-refractivity contribution in [3.05, 3.63) is 29.8 Å². The average Bonchev–Trinajstić information content (AvgIpc) is 2.76. The molecule has 0 atom stereocenters. The number of nitrogen functional groups attached to an aromatic ring is 1. The van der Waals surface area contributed by atoms with E-state index < -0.39 is 0 Å². The van der Waals surface area contributed by atoms with E-state index in [0.29, 0.717) is 30.8 Å². The standard InChI is InChI=1S/C13H17N3O2/c14-11-5-3-10(4-6-11)13(18)15-7-9-16-8-1-2-12(16)17/h3-6H,1-2,7-9,14H2,(H,15,18). The van der Waals surface area contributed by atoms with Gasteiger partial charge < -0.3 is 16.0 Å². The fourth-order valence-corrected chi connectivity index (χ4v) is 1.98. The number of anilines is 1. The normalized spacial score (nSPS) is 14.9. The first-order valence-corrected chi connectivity index (χ1v) is 6.08. The van der Waals surface area contributed by atoms with Crippen LogP contribution in [0.4, 0.5) is 5.69 Å². The van der Waals surface area contributed by atoms with E-state index in [0.717, 1.165) is 13.0 Å². The summed E-state index contributed by atoms with van der Waals surface area (Å²) < 4.78 is 0.